The van der Waals surface area contributed by atoms with Gasteiger partial charge in [-0.25, -0.2) is 5.14 Å². The van der Waals surface area contributed by atoms with Crippen molar-refractivity contribution in [2.24, 2.45) is 5.14 Å². The molecule has 1 aromatic heterocycles. The zero-order chi connectivity index (χ0) is 13.3. The SMILES string of the molecule is Cc1ccc(C(=O)N2CCN(S(N)(=O)=O)CC2)o1. The van der Waals surface area contributed by atoms with Crippen LogP contribution in [0.4, 0.5) is 0 Å². The predicted molar refractivity (Wildman–Crippen MR) is 64.0 cm³/mol. The average Bonchev–Trinajstić information content (AvgIpc) is 2.74. The fourth-order valence-corrected chi connectivity index (χ4v) is 2.52. The fraction of sp³-hybridized carbons (Fsp3) is 0.500. The Hall–Kier alpha value is -1.38. The van der Waals surface area contributed by atoms with E-state index in [1.54, 1.807) is 24.0 Å². The number of carbonyl (C=O) groups is 1. The molecule has 2 N–H and O–H groups in total. The maximum absolute atomic E-state index is 12.0. The van der Waals surface area contributed by atoms with Gasteiger partial charge in [0.15, 0.2) is 5.76 Å². The summed E-state index contributed by atoms with van der Waals surface area (Å²) in [4.78, 5) is 13.6. The van der Waals surface area contributed by atoms with Crippen LogP contribution >= 0.6 is 0 Å². The highest BCUT2D eigenvalue weighted by atomic mass is 32.2. The lowest BCUT2D eigenvalue weighted by Crippen LogP contribution is -2.52. The summed E-state index contributed by atoms with van der Waals surface area (Å²) >= 11 is 0. The molecule has 1 aliphatic heterocycles. The molecule has 1 amide bonds. The molecule has 1 aliphatic rings. The number of piperazine rings is 1. The molecule has 0 radical (unpaired) electrons. The standard InChI is InChI=1S/C10H15N3O4S/c1-8-2-3-9(17-8)10(14)12-4-6-13(7-5-12)18(11,15)16/h2-3H,4-7H2,1H3,(H2,11,15,16). The minimum atomic E-state index is -3.66. The molecule has 0 spiro atoms. The lowest BCUT2D eigenvalue weighted by Gasteiger charge is -2.32. The number of rotatable bonds is 2. The van der Waals surface area contributed by atoms with Crippen LogP contribution in [-0.2, 0) is 10.2 Å². The van der Waals surface area contributed by atoms with Crippen LogP contribution in [0.5, 0.6) is 0 Å². The Morgan fingerprint density at radius 3 is 2.33 bits per heavy atom. The number of furan rings is 1. The van der Waals surface area contributed by atoms with Crippen LogP contribution in [-0.4, -0.2) is 49.7 Å². The zero-order valence-electron chi connectivity index (χ0n) is 10.00. The Morgan fingerprint density at radius 2 is 1.89 bits per heavy atom. The molecule has 7 nitrogen and oxygen atoms in total. The van der Waals surface area contributed by atoms with Gasteiger partial charge >= 0.3 is 0 Å². The molecule has 0 aromatic carbocycles. The third-order valence-corrected chi connectivity index (χ3v) is 3.92. The van der Waals surface area contributed by atoms with Crippen LogP contribution in [0.15, 0.2) is 16.5 Å². The first-order valence-corrected chi connectivity index (χ1v) is 7.02. The topological polar surface area (TPSA) is 96.9 Å². The van der Waals surface area contributed by atoms with E-state index in [2.05, 4.69) is 0 Å². The van der Waals surface area contributed by atoms with Gasteiger partial charge in [-0.15, -0.1) is 0 Å². The van der Waals surface area contributed by atoms with Gasteiger partial charge in [-0.1, -0.05) is 0 Å². The minimum absolute atomic E-state index is 0.213. The number of amides is 1. The van der Waals surface area contributed by atoms with Crippen molar-refractivity contribution in [2.45, 2.75) is 6.92 Å². The second kappa shape index (κ2) is 4.71. The molecular formula is C10H15N3O4S. The van der Waals surface area contributed by atoms with E-state index in [9.17, 15) is 13.2 Å². The second-order valence-corrected chi connectivity index (χ2v) is 5.69. The summed E-state index contributed by atoms with van der Waals surface area (Å²) in [7, 11) is -3.66. The maximum atomic E-state index is 12.0. The van der Waals surface area contributed by atoms with Gasteiger partial charge in [-0.05, 0) is 19.1 Å². The van der Waals surface area contributed by atoms with Gasteiger partial charge in [0.05, 0.1) is 0 Å². The highest BCUT2D eigenvalue weighted by molar-refractivity contribution is 7.86. The third kappa shape index (κ3) is 2.71. The molecule has 0 aliphatic carbocycles. The molecule has 18 heavy (non-hydrogen) atoms. The fourth-order valence-electron chi connectivity index (χ4n) is 1.85. The highest BCUT2D eigenvalue weighted by Gasteiger charge is 2.28. The van der Waals surface area contributed by atoms with Crippen molar-refractivity contribution in [2.75, 3.05) is 26.2 Å². The summed E-state index contributed by atoms with van der Waals surface area (Å²) in [5.41, 5.74) is 0. The summed E-state index contributed by atoms with van der Waals surface area (Å²) in [5, 5.41) is 5.02. The largest absolute Gasteiger partial charge is 0.456 e. The Kier molecular flexibility index (Phi) is 3.42. The van der Waals surface area contributed by atoms with E-state index in [0.29, 0.717) is 18.8 Å². The maximum Gasteiger partial charge on any atom is 0.289 e. The number of hydrogen-bond acceptors (Lipinski definition) is 4. The summed E-state index contributed by atoms with van der Waals surface area (Å²) in [6.07, 6.45) is 0. The van der Waals surface area contributed by atoms with Gasteiger partial charge in [-0.2, -0.15) is 12.7 Å². The number of hydrogen-bond donors (Lipinski definition) is 1. The molecule has 0 bridgehead atoms. The van der Waals surface area contributed by atoms with E-state index in [-0.39, 0.29) is 24.8 Å². The van der Waals surface area contributed by atoms with Gasteiger partial charge in [0.1, 0.15) is 5.76 Å². The van der Waals surface area contributed by atoms with Crippen molar-refractivity contribution in [1.29, 1.82) is 0 Å². The van der Waals surface area contributed by atoms with Crippen LogP contribution in [0, 0.1) is 6.92 Å². The van der Waals surface area contributed by atoms with Crippen LogP contribution in [0.3, 0.4) is 0 Å². The van der Waals surface area contributed by atoms with Gasteiger partial charge in [-0.3, -0.25) is 4.79 Å². The molecule has 2 heterocycles. The summed E-state index contributed by atoms with van der Waals surface area (Å²) in [6, 6.07) is 3.33. The molecule has 8 heteroatoms. The Labute approximate surface area is 105 Å². The molecular weight excluding hydrogens is 258 g/mol. The van der Waals surface area contributed by atoms with E-state index in [4.69, 9.17) is 9.56 Å². The van der Waals surface area contributed by atoms with E-state index in [1.165, 1.54) is 0 Å². The first-order chi connectivity index (χ1) is 8.38. The summed E-state index contributed by atoms with van der Waals surface area (Å²) in [5.74, 6) is 0.718. The predicted octanol–water partition coefficient (Wildman–Crippen LogP) is -0.451. The average molecular weight is 273 g/mol. The lowest BCUT2D eigenvalue weighted by atomic mass is 10.3. The Bertz CT molecular complexity index is 543. The van der Waals surface area contributed by atoms with Crippen molar-refractivity contribution in [3.63, 3.8) is 0 Å². The molecule has 1 fully saturated rings. The zero-order valence-corrected chi connectivity index (χ0v) is 10.8. The van der Waals surface area contributed by atoms with Gasteiger partial charge in [0.2, 0.25) is 0 Å². The van der Waals surface area contributed by atoms with Crippen molar-refractivity contribution in [3.8, 4) is 0 Å². The van der Waals surface area contributed by atoms with E-state index in [0.717, 1.165) is 4.31 Å². The molecule has 2 rings (SSSR count). The van der Waals surface area contributed by atoms with Crippen molar-refractivity contribution >= 4 is 16.1 Å². The molecule has 0 unspecified atom stereocenters. The van der Waals surface area contributed by atoms with Crippen LogP contribution < -0.4 is 5.14 Å². The van der Waals surface area contributed by atoms with Crippen LogP contribution in [0.2, 0.25) is 0 Å². The Morgan fingerprint density at radius 1 is 1.28 bits per heavy atom. The van der Waals surface area contributed by atoms with Crippen LogP contribution in [0.25, 0.3) is 0 Å². The van der Waals surface area contributed by atoms with E-state index >= 15 is 0 Å². The van der Waals surface area contributed by atoms with Crippen molar-refractivity contribution in [1.82, 2.24) is 9.21 Å². The number of nitrogens with two attached hydrogens (primary N) is 1. The van der Waals surface area contributed by atoms with E-state index < -0.39 is 10.2 Å². The number of carbonyl (C=O) groups excluding carboxylic acids is 1. The number of aryl methyl sites for hydroxylation is 1. The minimum Gasteiger partial charge on any atom is -0.456 e. The van der Waals surface area contributed by atoms with Crippen LogP contribution in [0.1, 0.15) is 16.3 Å². The molecule has 1 saturated heterocycles. The molecule has 0 saturated carbocycles. The first kappa shape index (κ1) is 13.1. The first-order valence-electron chi connectivity index (χ1n) is 5.51. The molecule has 100 valence electrons. The van der Waals surface area contributed by atoms with Gasteiger partial charge in [0, 0.05) is 26.2 Å². The molecule has 0 atom stereocenters. The van der Waals surface area contributed by atoms with E-state index in [1.807, 2.05) is 0 Å². The smallest absolute Gasteiger partial charge is 0.289 e. The van der Waals surface area contributed by atoms with Gasteiger partial charge < -0.3 is 9.32 Å². The normalized spacial score (nSPS) is 18.0. The monoisotopic (exact) mass is 273 g/mol. The second-order valence-electron chi connectivity index (χ2n) is 4.15. The summed E-state index contributed by atoms with van der Waals surface area (Å²) in [6.45, 7) is 2.81. The van der Waals surface area contributed by atoms with Crippen molar-refractivity contribution < 1.29 is 17.6 Å². The van der Waals surface area contributed by atoms with Gasteiger partial charge in [0.25, 0.3) is 16.1 Å². The number of nitrogens with zero attached hydrogens (tertiary/aromatic N) is 2. The Balaban J connectivity index is 2.00. The quantitative estimate of drug-likeness (QED) is 0.789. The molecule has 1 aromatic rings. The third-order valence-electron chi connectivity index (χ3n) is 2.84. The van der Waals surface area contributed by atoms with Crippen molar-refractivity contribution in [3.05, 3.63) is 23.7 Å². The highest BCUT2D eigenvalue weighted by Crippen LogP contribution is 2.12. The summed E-state index contributed by atoms with van der Waals surface area (Å²) < 4.78 is 28.6. The lowest BCUT2D eigenvalue weighted by molar-refractivity contribution is 0.0664.